The molecule has 0 unspecified atom stereocenters. The van der Waals surface area contributed by atoms with Crippen molar-refractivity contribution in [1.29, 1.82) is 0 Å². The van der Waals surface area contributed by atoms with E-state index in [0.29, 0.717) is 13.1 Å². The van der Waals surface area contributed by atoms with Gasteiger partial charge in [0, 0.05) is 20.1 Å². The number of aromatic nitrogens is 2. The van der Waals surface area contributed by atoms with Gasteiger partial charge in [-0.3, -0.25) is 4.79 Å². The second-order valence-electron chi connectivity index (χ2n) is 4.95. The highest BCUT2D eigenvalue weighted by Crippen LogP contribution is 2.19. The van der Waals surface area contributed by atoms with E-state index < -0.39 is 0 Å². The van der Waals surface area contributed by atoms with E-state index in [1.165, 1.54) is 0 Å². The predicted octanol–water partition coefficient (Wildman–Crippen LogP) is 2.42. The Hall–Kier alpha value is -0.950. The summed E-state index contributed by atoms with van der Waals surface area (Å²) in [6, 6.07) is 7.97. The van der Waals surface area contributed by atoms with Crippen molar-refractivity contribution in [2.75, 3.05) is 33.4 Å². The van der Waals surface area contributed by atoms with E-state index in [4.69, 9.17) is 0 Å². The van der Waals surface area contributed by atoms with Crippen LogP contribution in [0.1, 0.15) is 5.82 Å². The third-order valence-corrected chi connectivity index (χ3v) is 3.97. The monoisotopic (exact) mass is 378 g/mol. The van der Waals surface area contributed by atoms with E-state index in [1.54, 1.807) is 16.7 Å². The van der Waals surface area contributed by atoms with Gasteiger partial charge in [0.15, 0.2) is 0 Å². The highest BCUT2D eigenvalue weighted by atomic mass is 35.5. The zero-order valence-corrected chi connectivity index (χ0v) is 16.1. The zero-order valence-electron chi connectivity index (χ0n) is 13.6. The first-order valence-corrected chi connectivity index (χ1v) is 8.38. The lowest BCUT2D eigenvalue weighted by Crippen LogP contribution is -2.35. The number of carbonyl (C=O) groups excluding carboxylic acids is 1. The fraction of sp³-hybridized carbons (Fsp3) is 0.467. The van der Waals surface area contributed by atoms with Crippen molar-refractivity contribution in [2.45, 2.75) is 12.3 Å². The van der Waals surface area contributed by atoms with E-state index in [0.717, 1.165) is 29.2 Å². The molecule has 2 aromatic rings. The van der Waals surface area contributed by atoms with Crippen LogP contribution in [0.15, 0.2) is 24.3 Å². The Morgan fingerprint density at radius 1 is 1.35 bits per heavy atom. The second-order valence-corrected chi connectivity index (χ2v) is 5.82. The number of halogens is 2. The molecule has 0 aliphatic rings. The van der Waals surface area contributed by atoms with Gasteiger partial charge in [-0.2, -0.15) is 11.8 Å². The fourth-order valence-corrected chi connectivity index (χ4v) is 2.68. The van der Waals surface area contributed by atoms with Crippen molar-refractivity contribution in [1.82, 2.24) is 19.8 Å². The molecule has 130 valence electrons. The molecule has 1 aromatic heterocycles. The van der Waals surface area contributed by atoms with Crippen LogP contribution in [0.4, 0.5) is 0 Å². The third kappa shape index (κ3) is 5.57. The average molecular weight is 379 g/mol. The number of imidazole rings is 1. The second kappa shape index (κ2) is 10.8. The van der Waals surface area contributed by atoms with Gasteiger partial charge in [0.2, 0.25) is 5.91 Å². The van der Waals surface area contributed by atoms with Crippen molar-refractivity contribution in [3.05, 3.63) is 30.1 Å². The normalized spacial score (nSPS) is 10.0. The summed E-state index contributed by atoms with van der Waals surface area (Å²) in [6.07, 6.45) is 2.05. The molecule has 0 aliphatic carbocycles. The molecule has 1 heterocycles. The molecule has 0 fully saturated rings. The molecular weight excluding hydrogens is 355 g/mol. The number of hydrogen-bond acceptors (Lipinski definition) is 4. The lowest BCUT2D eigenvalue weighted by molar-refractivity contribution is -0.130. The highest BCUT2D eigenvalue weighted by molar-refractivity contribution is 7.97. The van der Waals surface area contributed by atoms with Crippen molar-refractivity contribution < 1.29 is 4.79 Å². The maximum Gasteiger partial charge on any atom is 0.242 e. The number of thioether (sulfide) groups is 1. The maximum absolute atomic E-state index is 12.4. The molecule has 1 aromatic carbocycles. The van der Waals surface area contributed by atoms with Gasteiger partial charge in [0.05, 0.1) is 16.8 Å². The summed E-state index contributed by atoms with van der Waals surface area (Å²) >= 11 is 1.72. The first-order valence-electron chi connectivity index (χ1n) is 6.99. The van der Waals surface area contributed by atoms with Crippen LogP contribution in [-0.4, -0.2) is 53.8 Å². The van der Waals surface area contributed by atoms with Crippen molar-refractivity contribution >= 4 is 53.5 Å². The molecule has 0 bridgehead atoms. The smallest absolute Gasteiger partial charge is 0.242 e. The van der Waals surface area contributed by atoms with Crippen molar-refractivity contribution in [2.24, 2.45) is 0 Å². The summed E-state index contributed by atoms with van der Waals surface area (Å²) < 4.78 is 2.03. The fourth-order valence-electron chi connectivity index (χ4n) is 2.20. The highest BCUT2D eigenvalue weighted by Gasteiger charge is 2.15. The minimum Gasteiger partial charge on any atom is -0.343 e. The Balaban J connectivity index is 0.00000242. The number of carbonyl (C=O) groups is 1. The van der Waals surface area contributed by atoms with Crippen molar-refractivity contribution in [3.63, 3.8) is 0 Å². The molecule has 23 heavy (non-hydrogen) atoms. The lowest BCUT2D eigenvalue weighted by Gasteiger charge is -2.18. The number of para-hydroxylation sites is 2. The van der Waals surface area contributed by atoms with Crippen LogP contribution < -0.4 is 5.32 Å². The van der Waals surface area contributed by atoms with Gasteiger partial charge in [-0.05, 0) is 25.4 Å². The van der Waals surface area contributed by atoms with Crippen LogP contribution >= 0.6 is 36.6 Å². The maximum atomic E-state index is 12.4. The van der Waals surface area contributed by atoms with Gasteiger partial charge in [0.1, 0.15) is 12.4 Å². The van der Waals surface area contributed by atoms with E-state index in [2.05, 4.69) is 10.3 Å². The zero-order chi connectivity index (χ0) is 15.2. The number of hydrogen-bond donors (Lipinski definition) is 1. The molecule has 0 radical (unpaired) electrons. The summed E-state index contributed by atoms with van der Waals surface area (Å²) in [5.41, 5.74) is 1.98. The summed E-state index contributed by atoms with van der Waals surface area (Å²) in [4.78, 5) is 18.8. The minimum absolute atomic E-state index is 0. The van der Waals surface area contributed by atoms with Crippen LogP contribution in [0.5, 0.6) is 0 Å². The molecule has 8 heteroatoms. The minimum atomic E-state index is 0. The summed E-state index contributed by atoms with van der Waals surface area (Å²) in [5.74, 6) is 1.87. The van der Waals surface area contributed by atoms with Crippen LogP contribution in [0, 0.1) is 0 Å². The van der Waals surface area contributed by atoms with E-state index in [-0.39, 0.29) is 30.7 Å². The molecule has 0 aliphatic heterocycles. The Bertz CT molecular complexity index is 621. The number of amides is 1. The first kappa shape index (κ1) is 22.1. The molecule has 1 amide bonds. The number of likely N-dealkylation sites (N-methyl/N-ethyl adjacent to an activating group) is 2. The molecule has 2 rings (SSSR count). The molecule has 5 nitrogen and oxygen atoms in total. The lowest BCUT2D eigenvalue weighted by atomic mass is 10.3. The molecule has 1 N–H and O–H groups in total. The van der Waals surface area contributed by atoms with Gasteiger partial charge in [-0.15, -0.1) is 24.8 Å². The molecule has 0 saturated carbocycles. The quantitative estimate of drug-likeness (QED) is 0.803. The van der Waals surface area contributed by atoms with Crippen LogP contribution in [0.25, 0.3) is 11.0 Å². The Labute approximate surface area is 154 Å². The summed E-state index contributed by atoms with van der Waals surface area (Å²) in [6.45, 7) is 1.85. The number of benzene rings is 1. The topological polar surface area (TPSA) is 50.2 Å². The molecule has 0 atom stereocenters. The van der Waals surface area contributed by atoms with Gasteiger partial charge in [-0.1, -0.05) is 12.1 Å². The number of rotatable bonds is 7. The molecular formula is C15H24Cl2N4OS. The van der Waals surface area contributed by atoms with Crippen LogP contribution in [0.2, 0.25) is 0 Å². The van der Waals surface area contributed by atoms with E-state index in [1.807, 2.05) is 49.2 Å². The van der Waals surface area contributed by atoms with Gasteiger partial charge in [0.25, 0.3) is 0 Å². The average Bonchev–Trinajstić information content (AvgIpc) is 2.83. The molecule has 0 saturated heterocycles. The van der Waals surface area contributed by atoms with Gasteiger partial charge < -0.3 is 14.8 Å². The Morgan fingerprint density at radius 3 is 2.70 bits per heavy atom. The Kier molecular flexibility index (Phi) is 10.3. The number of nitrogens with one attached hydrogen (secondary N) is 1. The predicted molar refractivity (Wildman–Crippen MR) is 103 cm³/mol. The van der Waals surface area contributed by atoms with Gasteiger partial charge >= 0.3 is 0 Å². The van der Waals surface area contributed by atoms with Crippen molar-refractivity contribution in [3.8, 4) is 0 Å². The van der Waals surface area contributed by atoms with Gasteiger partial charge in [-0.25, -0.2) is 4.98 Å². The van der Waals surface area contributed by atoms with Crippen LogP contribution in [0.3, 0.4) is 0 Å². The third-order valence-electron chi connectivity index (χ3n) is 3.42. The van der Waals surface area contributed by atoms with E-state index in [9.17, 15) is 4.79 Å². The first-order chi connectivity index (χ1) is 10.2. The number of nitrogens with zero attached hydrogens (tertiary/aromatic N) is 3. The van der Waals surface area contributed by atoms with E-state index >= 15 is 0 Å². The number of fused-ring (bicyclic) bond motifs is 1. The largest absolute Gasteiger partial charge is 0.343 e. The van der Waals surface area contributed by atoms with Crippen LogP contribution in [-0.2, 0) is 17.1 Å². The SMILES string of the molecule is CNCCN(C)C(=O)Cn1c(CSC)nc2ccccc21.Cl.Cl. The Morgan fingerprint density at radius 2 is 2.04 bits per heavy atom. The summed E-state index contributed by atoms with van der Waals surface area (Å²) in [5, 5.41) is 3.06. The summed E-state index contributed by atoms with van der Waals surface area (Å²) in [7, 11) is 3.73. The molecule has 0 spiro atoms. The standard InChI is InChI=1S/C15H22N4OS.2ClH/c1-16-8-9-18(2)15(20)10-19-13-7-5-4-6-12(13)17-14(19)11-21-3;;/h4-7,16H,8-11H2,1-3H3;2*1H.